The molecule has 0 saturated carbocycles. The summed E-state index contributed by atoms with van der Waals surface area (Å²) >= 11 is 0. The molecule has 9 heteroatoms. The van der Waals surface area contributed by atoms with E-state index in [9.17, 15) is 14.9 Å². The van der Waals surface area contributed by atoms with Crippen molar-refractivity contribution < 1.29 is 28.5 Å². The van der Waals surface area contributed by atoms with Crippen LogP contribution < -0.4 is 0 Å². The fourth-order valence-electron chi connectivity index (χ4n) is 3.23. The molecule has 0 fully saturated rings. The van der Waals surface area contributed by atoms with Gasteiger partial charge in [-0.15, -0.1) is 0 Å². The normalized spacial score (nSPS) is 12.8. The van der Waals surface area contributed by atoms with Crippen molar-refractivity contribution in [2.75, 3.05) is 13.7 Å². The molecule has 182 valence electrons. The Morgan fingerprint density at radius 1 is 1.15 bits per heavy atom. The lowest BCUT2D eigenvalue weighted by molar-refractivity contribution is -0.146. The SMILES string of the molecule is COC(=O)COC(=O)OC(C)O/C(=C(/C#N)c1ccc(C(C)(C)C)cc1)c1c(C)c(C)nn1C. The van der Waals surface area contributed by atoms with E-state index < -0.39 is 25.0 Å². The summed E-state index contributed by atoms with van der Waals surface area (Å²) in [6.45, 7) is 10.9. The molecule has 1 atom stereocenters. The molecule has 0 radical (unpaired) electrons. The molecular weight excluding hydrogens is 438 g/mol. The van der Waals surface area contributed by atoms with E-state index in [1.165, 1.54) is 14.0 Å². The number of benzene rings is 1. The summed E-state index contributed by atoms with van der Waals surface area (Å²) in [6, 6.07) is 9.88. The van der Waals surface area contributed by atoms with Gasteiger partial charge in [-0.1, -0.05) is 45.0 Å². The molecule has 2 aromatic rings. The smallest absolute Gasteiger partial charge is 0.466 e. The second-order valence-electron chi connectivity index (χ2n) is 8.74. The Morgan fingerprint density at radius 2 is 1.76 bits per heavy atom. The van der Waals surface area contributed by atoms with E-state index in [1.807, 2.05) is 38.1 Å². The number of rotatable bonds is 7. The minimum Gasteiger partial charge on any atom is -0.466 e. The van der Waals surface area contributed by atoms with Gasteiger partial charge in [0, 0.05) is 19.5 Å². The van der Waals surface area contributed by atoms with Gasteiger partial charge < -0.3 is 18.9 Å². The largest absolute Gasteiger partial charge is 0.511 e. The first-order valence-electron chi connectivity index (χ1n) is 10.7. The molecule has 1 heterocycles. The van der Waals surface area contributed by atoms with E-state index in [0.717, 1.165) is 16.8 Å². The number of carbonyl (C=O) groups is 2. The van der Waals surface area contributed by atoms with E-state index in [2.05, 4.69) is 36.7 Å². The van der Waals surface area contributed by atoms with Gasteiger partial charge in [0.1, 0.15) is 17.3 Å². The number of aryl methyl sites for hydroxylation is 2. The Kier molecular flexibility index (Phi) is 8.46. The van der Waals surface area contributed by atoms with Gasteiger partial charge in [0.05, 0.1) is 12.8 Å². The highest BCUT2D eigenvalue weighted by atomic mass is 16.8. The van der Waals surface area contributed by atoms with Crippen molar-refractivity contribution in [3.05, 3.63) is 52.3 Å². The number of methoxy groups -OCH3 is 1. The molecule has 34 heavy (non-hydrogen) atoms. The minimum atomic E-state index is -1.13. The van der Waals surface area contributed by atoms with Gasteiger partial charge in [-0.25, -0.2) is 9.59 Å². The number of carbonyl (C=O) groups excluding carboxylic acids is 2. The van der Waals surface area contributed by atoms with E-state index >= 15 is 0 Å². The molecule has 0 aliphatic carbocycles. The Labute approximate surface area is 199 Å². The zero-order valence-electron chi connectivity index (χ0n) is 20.9. The number of esters is 1. The highest BCUT2D eigenvalue weighted by molar-refractivity contribution is 5.94. The standard InChI is InChI=1S/C25H31N3O6/c1-15-16(2)27-28(7)22(15)23(33-17(3)34-24(30)32-14-21(29)31-8)20(13-26)18-9-11-19(12-10-18)25(4,5)6/h9-12,17H,14H2,1-8H3/b23-20-. The quantitative estimate of drug-likeness (QED) is 0.254. The fraction of sp³-hybridized carbons (Fsp3) is 0.440. The first-order chi connectivity index (χ1) is 15.9. The molecule has 0 bridgehead atoms. The van der Waals surface area contributed by atoms with Crippen LogP contribution in [0.4, 0.5) is 4.79 Å². The summed E-state index contributed by atoms with van der Waals surface area (Å²) < 4.78 is 21.8. The monoisotopic (exact) mass is 469 g/mol. The highest BCUT2D eigenvalue weighted by Gasteiger charge is 2.25. The zero-order chi connectivity index (χ0) is 25.6. The predicted molar refractivity (Wildman–Crippen MR) is 125 cm³/mol. The average Bonchev–Trinajstić information content (AvgIpc) is 3.02. The first kappa shape index (κ1) is 26.5. The molecule has 0 N–H and O–H groups in total. The van der Waals surface area contributed by atoms with Gasteiger partial charge >= 0.3 is 12.1 Å². The maximum atomic E-state index is 11.9. The summed E-state index contributed by atoms with van der Waals surface area (Å²) in [5, 5.41) is 14.5. The van der Waals surface area contributed by atoms with Gasteiger partial charge in [0.25, 0.3) is 0 Å². The van der Waals surface area contributed by atoms with Gasteiger partial charge in [-0.3, -0.25) is 4.68 Å². The number of aromatic nitrogens is 2. The minimum absolute atomic E-state index is 0.0446. The van der Waals surface area contributed by atoms with Gasteiger partial charge in [-0.2, -0.15) is 10.4 Å². The van der Waals surface area contributed by atoms with Crippen LogP contribution in [0.15, 0.2) is 24.3 Å². The maximum absolute atomic E-state index is 11.9. The lowest BCUT2D eigenvalue weighted by atomic mass is 9.86. The predicted octanol–water partition coefficient (Wildman–Crippen LogP) is 4.42. The molecule has 0 aliphatic rings. The topological polar surface area (TPSA) is 113 Å². The van der Waals surface area contributed by atoms with E-state index in [4.69, 9.17) is 14.2 Å². The van der Waals surface area contributed by atoms with Crippen LogP contribution >= 0.6 is 0 Å². The number of hydrogen-bond donors (Lipinski definition) is 0. The van der Waals surface area contributed by atoms with Crippen molar-refractivity contribution in [2.24, 2.45) is 7.05 Å². The van der Waals surface area contributed by atoms with Crippen LogP contribution in [0.3, 0.4) is 0 Å². The third-order valence-corrected chi connectivity index (χ3v) is 5.20. The van der Waals surface area contributed by atoms with Gasteiger partial charge in [0.15, 0.2) is 12.4 Å². The molecule has 9 nitrogen and oxygen atoms in total. The van der Waals surface area contributed by atoms with Crippen LogP contribution in [-0.4, -0.2) is 41.9 Å². The summed E-state index contributed by atoms with van der Waals surface area (Å²) in [7, 11) is 2.92. The molecule has 0 amide bonds. The zero-order valence-corrected chi connectivity index (χ0v) is 20.9. The molecule has 1 unspecified atom stereocenters. The van der Waals surface area contributed by atoms with Crippen LogP contribution in [0.5, 0.6) is 0 Å². The lowest BCUT2D eigenvalue weighted by Crippen LogP contribution is -2.22. The number of nitrogens with zero attached hydrogens (tertiary/aromatic N) is 3. The van der Waals surface area contributed by atoms with Crippen molar-refractivity contribution >= 4 is 23.5 Å². The summed E-state index contributed by atoms with van der Waals surface area (Å²) in [5.74, 6) is -0.516. The molecular formula is C25H31N3O6. The van der Waals surface area contributed by atoms with Gasteiger partial charge in [0.2, 0.25) is 6.29 Å². The van der Waals surface area contributed by atoms with Crippen molar-refractivity contribution in [1.82, 2.24) is 9.78 Å². The van der Waals surface area contributed by atoms with Crippen molar-refractivity contribution in [1.29, 1.82) is 5.26 Å². The Balaban J connectivity index is 2.47. The first-order valence-corrected chi connectivity index (χ1v) is 10.7. The Morgan fingerprint density at radius 3 is 2.24 bits per heavy atom. The maximum Gasteiger partial charge on any atom is 0.511 e. The van der Waals surface area contributed by atoms with Crippen LogP contribution in [0.1, 0.15) is 55.8 Å². The van der Waals surface area contributed by atoms with Crippen LogP contribution in [0.25, 0.3) is 11.3 Å². The van der Waals surface area contributed by atoms with Crippen LogP contribution in [-0.2, 0) is 36.2 Å². The number of hydrogen-bond acceptors (Lipinski definition) is 8. The third kappa shape index (κ3) is 6.38. The van der Waals surface area contributed by atoms with Crippen LogP contribution in [0, 0.1) is 25.2 Å². The summed E-state index contributed by atoms with van der Waals surface area (Å²) in [5.41, 5.74) is 4.13. The van der Waals surface area contributed by atoms with Crippen molar-refractivity contribution in [2.45, 2.75) is 53.2 Å². The van der Waals surface area contributed by atoms with E-state index in [-0.39, 0.29) is 16.7 Å². The molecule has 0 aliphatic heterocycles. The lowest BCUT2D eigenvalue weighted by Gasteiger charge is -2.21. The van der Waals surface area contributed by atoms with Crippen molar-refractivity contribution in [3.8, 4) is 6.07 Å². The van der Waals surface area contributed by atoms with E-state index in [0.29, 0.717) is 11.3 Å². The van der Waals surface area contributed by atoms with Gasteiger partial charge in [-0.05, 0) is 30.4 Å². The Hall–Kier alpha value is -3.80. The second kappa shape index (κ2) is 10.9. The van der Waals surface area contributed by atoms with Crippen LogP contribution in [0.2, 0.25) is 0 Å². The highest BCUT2D eigenvalue weighted by Crippen LogP contribution is 2.32. The average molecular weight is 470 g/mol. The fourth-order valence-corrected chi connectivity index (χ4v) is 3.23. The second-order valence-corrected chi connectivity index (χ2v) is 8.74. The number of allylic oxidation sites excluding steroid dienone is 1. The third-order valence-electron chi connectivity index (χ3n) is 5.20. The Bertz CT molecular complexity index is 1120. The molecule has 1 aromatic heterocycles. The molecule has 0 spiro atoms. The molecule has 1 aromatic carbocycles. The van der Waals surface area contributed by atoms with Crippen molar-refractivity contribution in [3.63, 3.8) is 0 Å². The summed E-state index contributed by atoms with van der Waals surface area (Å²) in [4.78, 5) is 23.1. The van der Waals surface area contributed by atoms with E-state index in [1.54, 1.807) is 11.7 Å². The number of ether oxygens (including phenoxy) is 4. The molecule has 0 saturated heterocycles. The molecule has 2 rings (SSSR count). The summed E-state index contributed by atoms with van der Waals surface area (Å²) in [6.07, 6.45) is -2.24. The number of nitriles is 1.